The molecule has 2 N–H and O–H groups in total. The summed E-state index contributed by atoms with van der Waals surface area (Å²) in [5.74, 6) is -1.77. The standard InChI is InChI=1S/C21H19FN6O5/c1-9-7-28-14-11(5-12-15(13(14)22)33-26-17(12)27-4-3-23-8-27)6-21(16(28)10(2)32-9)18(29)24-20(31)25-19(21)30/h3-5,8-10,16H,6-7H2,1-2H3,(H2,24,25,29,30,31)/t9-,10+,16-/m0/s1. The summed E-state index contributed by atoms with van der Waals surface area (Å²) >= 11 is 0. The maximum atomic E-state index is 15.9. The minimum absolute atomic E-state index is 0.0355. The molecular formula is C21H19FN6O5. The van der Waals surface area contributed by atoms with E-state index in [-0.39, 0.29) is 30.3 Å². The van der Waals surface area contributed by atoms with Crippen molar-refractivity contribution >= 4 is 34.5 Å². The largest absolute Gasteiger partial charge is 0.372 e. The van der Waals surface area contributed by atoms with Crippen molar-refractivity contribution in [3.05, 3.63) is 36.2 Å². The monoisotopic (exact) mass is 454 g/mol. The smallest absolute Gasteiger partial charge is 0.328 e. The highest BCUT2D eigenvalue weighted by molar-refractivity contribution is 6.20. The molecule has 3 aromatic rings. The normalized spacial score (nSPS) is 26.2. The van der Waals surface area contributed by atoms with Crippen LogP contribution < -0.4 is 15.5 Å². The average molecular weight is 454 g/mol. The molecule has 11 nitrogen and oxygen atoms in total. The summed E-state index contributed by atoms with van der Waals surface area (Å²) in [6, 6.07) is -0.0367. The summed E-state index contributed by atoms with van der Waals surface area (Å²) < 4.78 is 28.8. The predicted octanol–water partition coefficient (Wildman–Crippen LogP) is 1.04. The maximum absolute atomic E-state index is 15.9. The molecule has 0 unspecified atom stereocenters. The SMILES string of the molecule is C[C@H]1CN2c3c(cc4c(-n5ccnc5)noc4c3F)CC3(C(=O)NC(=O)NC3=O)[C@@H]2[C@@H](C)O1. The number of nitrogens with one attached hydrogen (secondary N) is 2. The Kier molecular flexibility index (Phi) is 3.97. The second-order valence-electron chi connectivity index (χ2n) is 8.69. The van der Waals surface area contributed by atoms with Crippen LogP contribution in [0.4, 0.5) is 14.9 Å². The first-order chi connectivity index (χ1) is 15.8. The van der Waals surface area contributed by atoms with Crippen molar-refractivity contribution in [2.24, 2.45) is 5.41 Å². The molecule has 33 heavy (non-hydrogen) atoms. The van der Waals surface area contributed by atoms with E-state index in [1.165, 1.54) is 6.33 Å². The first-order valence-electron chi connectivity index (χ1n) is 10.5. The molecule has 2 fully saturated rings. The van der Waals surface area contributed by atoms with E-state index in [9.17, 15) is 14.4 Å². The third-order valence-electron chi connectivity index (χ3n) is 6.69. The summed E-state index contributed by atoms with van der Waals surface area (Å²) in [5, 5.41) is 8.82. The van der Waals surface area contributed by atoms with E-state index in [1.54, 1.807) is 34.9 Å². The minimum atomic E-state index is -1.69. The lowest BCUT2D eigenvalue weighted by molar-refractivity contribution is -0.153. The Labute approximate surface area is 185 Å². The van der Waals surface area contributed by atoms with Gasteiger partial charge in [0, 0.05) is 25.4 Å². The Hall–Kier alpha value is -3.80. The molecule has 0 radical (unpaired) electrons. The summed E-state index contributed by atoms with van der Waals surface area (Å²) in [7, 11) is 0. The molecule has 0 bridgehead atoms. The summed E-state index contributed by atoms with van der Waals surface area (Å²) in [6.07, 6.45) is 3.69. The van der Waals surface area contributed by atoms with Gasteiger partial charge in [0.2, 0.25) is 17.4 Å². The highest BCUT2D eigenvalue weighted by Crippen LogP contribution is 2.49. The van der Waals surface area contributed by atoms with Crippen LogP contribution in [0.1, 0.15) is 19.4 Å². The third kappa shape index (κ3) is 2.55. The summed E-state index contributed by atoms with van der Waals surface area (Å²) in [4.78, 5) is 44.0. The fourth-order valence-electron chi connectivity index (χ4n) is 5.51. The van der Waals surface area contributed by atoms with Crippen molar-refractivity contribution in [1.82, 2.24) is 25.3 Å². The van der Waals surface area contributed by atoms with E-state index >= 15 is 4.39 Å². The molecule has 4 amide bonds. The second kappa shape index (κ2) is 6.61. The molecule has 0 aliphatic carbocycles. The molecule has 170 valence electrons. The van der Waals surface area contributed by atoms with Crippen molar-refractivity contribution in [2.75, 3.05) is 11.4 Å². The van der Waals surface area contributed by atoms with Crippen LogP contribution in [0.5, 0.6) is 0 Å². The topological polar surface area (TPSA) is 132 Å². The van der Waals surface area contributed by atoms with E-state index in [1.807, 2.05) is 6.92 Å². The number of imidazole rings is 1. The number of nitrogens with zero attached hydrogens (tertiary/aromatic N) is 4. The highest BCUT2D eigenvalue weighted by atomic mass is 19.1. The van der Waals surface area contributed by atoms with Gasteiger partial charge in [-0.2, -0.15) is 0 Å². The number of imide groups is 2. The molecule has 12 heteroatoms. The van der Waals surface area contributed by atoms with Gasteiger partial charge in [0.25, 0.3) is 0 Å². The van der Waals surface area contributed by atoms with E-state index < -0.39 is 41.2 Å². The summed E-state index contributed by atoms with van der Waals surface area (Å²) in [5.41, 5.74) is -1.05. The number of morpholine rings is 1. The van der Waals surface area contributed by atoms with Crippen LogP contribution in [0.2, 0.25) is 0 Å². The van der Waals surface area contributed by atoms with Crippen molar-refractivity contribution in [2.45, 2.75) is 38.5 Å². The zero-order chi connectivity index (χ0) is 23.1. The van der Waals surface area contributed by atoms with Gasteiger partial charge in [0.15, 0.2) is 17.1 Å². The number of halogens is 1. The maximum Gasteiger partial charge on any atom is 0.328 e. The number of fused-ring (bicyclic) bond motifs is 5. The second-order valence-corrected chi connectivity index (χ2v) is 8.69. The zero-order valence-electron chi connectivity index (χ0n) is 17.7. The number of anilines is 1. The van der Waals surface area contributed by atoms with Crippen LogP contribution >= 0.6 is 0 Å². The first kappa shape index (κ1) is 19.9. The van der Waals surface area contributed by atoms with Gasteiger partial charge in [-0.15, -0.1) is 0 Å². The third-order valence-corrected chi connectivity index (χ3v) is 6.69. The Morgan fingerprint density at radius 2 is 1.97 bits per heavy atom. The lowest BCUT2D eigenvalue weighted by atomic mass is 9.66. The number of rotatable bonds is 1. The van der Waals surface area contributed by atoms with Crippen molar-refractivity contribution < 1.29 is 28.0 Å². The fraction of sp³-hybridized carbons (Fsp3) is 0.381. The predicted molar refractivity (Wildman–Crippen MR) is 110 cm³/mol. The molecule has 3 atom stereocenters. The molecule has 0 saturated carbocycles. The van der Waals surface area contributed by atoms with E-state index in [2.05, 4.69) is 20.8 Å². The molecule has 2 aromatic heterocycles. The molecule has 3 aliphatic rings. The quantitative estimate of drug-likeness (QED) is 0.522. The number of ether oxygens (including phenoxy) is 1. The number of carbonyl (C=O) groups is 3. The van der Waals surface area contributed by atoms with Crippen LogP contribution in [-0.4, -0.2) is 57.3 Å². The Morgan fingerprint density at radius 1 is 1.21 bits per heavy atom. The first-order valence-corrected chi connectivity index (χ1v) is 10.5. The molecule has 1 aromatic carbocycles. The van der Waals surface area contributed by atoms with Crippen molar-refractivity contribution in [1.29, 1.82) is 0 Å². The van der Waals surface area contributed by atoms with Gasteiger partial charge in [-0.25, -0.2) is 14.2 Å². The van der Waals surface area contributed by atoms with Crippen LogP contribution in [0.3, 0.4) is 0 Å². The molecule has 2 saturated heterocycles. The van der Waals surface area contributed by atoms with E-state index in [4.69, 9.17) is 9.26 Å². The lowest BCUT2D eigenvalue weighted by Crippen LogP contribution is -2.75. The van der Waals surface area contributed by atoms with Crippen LogP contribution in [0.25, 0.3) is 16.8 Å². The lowest BCUT2D eigenvalue weighted by Gasteiger charge is -2.55. The minimum Gasteiger partial charge on any atom is -0.372 e. The molecule has 1 spiro atoms. The summed E-state index contributed by atoms with van der Waals surface area (Å²) in [6.45, 7) is 3.81. The van der Waals surface area contributed by atoms with Gasteiger partial charge >= 0.3 is 6.03 Å². The number of carbonyl (C=O) groups excluding carboxylic acids is 3. The van der Waals surface area contributed by atoms with Gasteiger partial charge in [0.1, 0.15) is 6.33 Å². The Morgan fingerprint density at radius 3 is 2.67 bits per heavy atom. The Balaban J connectivity index is 1.61. The molecule has 6 rings (SSSR count). The number of urea groups is 1. The van der Waals surface area contributed by atoms with Crippen LogP contribution in [0.15, 0.2) is 29.3 Å². The van der Waals surface area contributed by atoms with Gasteiger partial charge in [-0.1, -0.05) is 5.16 Å². The van der Waals surface area contributed by atoms with Crippen molar-refractivity contribution in [3.8, 4) is 5.82 Å². The van der Waals surface area contributed by atoms with Gasteiger partial charge < -0.3 is 14.2 Å². The zero-order valence-corrected chi connectivity index (χ0v) is 17.7. The van der Waals surface area contributed by atoms with Gasteiger partial charge in [0.05, 0.1) is 29.3 Å². The highest BCUT2D eigenvalue weighted by Gasteiger charge is 2.63. The number of barbiturate groups is 1. The number of hydrogen-bond donors (Lipinski definition) is 2. The van der Waals surface area contributed by atoms with Crippen LogP contribution in [-0.2, 0) is 20.7 Å². The van der Waals surface area contributed by atoms with Gasteiger partial charge in [-0.3, -0.25) is 24.8 Å². The average Bonchev–Trinajstić information content (AvgIpc) is 3.41. The van der Waals surface area contributed by atoms with E-state index in [0.29, 0.717) is 16.8 Å². The fourth-order valence-corrected chi connectivity index (χ4v) is 5.51. The van der Waals surface area contributed by atoms with Gasteiger partial charge in [-0.05, 0) is 25.5 Å². The van der Waals surface area contributed by atoms with E-state index in [0.717, 1.165) is 0 Å². The van der Waals surface area contributed by atoms with Crippen LogP contribution in [0, 0.1) is 11.2 Å². The van der Waals surface area contributed by atoms with Crippen molar-refractivity contribution in [3.63, 3.8) is 0 Å². The number of aromatic nitrogens is 3. The molecule has 3 aliphatic heterocycles. The molecular weight excluding hydrogens is 435 g/mol. The number of benzene rings is 1. The number of hydrogen-bond acceptors (Lipinski definition) is 8. The Bertz CT molecular complexity index is 1310. The number of amides is 4. The molecule has 5 heterocycles.